The van der Waals surface area contributed by atoms with Gasteiger partial charge in [-0.15, -0.1) is 0 Å². The Morgan fingerprint density at radius 2 is 1.79 bits per heavy atom. The molecule has 1 N–H and O–H groups in total. The molecule has 0 heterocycles. The van der Waals surface area contributed by atoms with Crippen LogP contribution in [0.1, 0.15) is 53.1 Å². The molecule has 0 bridgehead atoms. The van der Waals surface area contributed by atoms with Gasteiger partial charge in [-0.3, -0.25) is 9.59 Å². The Labute approximate surface area is 163 Å². The minimum absolute atomic E-state index is 0.00700. The van der Waals surface area contributed by atoms with E-state index in [1.165, 1.54) is 7.11 Å². The molecule has 1 atom stereocenters. The highest BCUT2D eigenvalue weighted by atomic mass is 16.5. The van der Waals surface area contributed by atoms with E-state index in [2.05, 4.69) is 0 Å². The molecule has 3 aliphatic carbocycles. The van der Waals surface area contributed by atoms with E-state index in [-0.39, 0.29) is 17.3 Å². The molecule has 4 heteroatoms. The Balaban J connectivity index is 1.75. The predicted molar refractivity (Wildman–Crippen MR) is 106 cm³/mol. The lowest BCUT2D eigenvalue weighted by Gasteiger charge is -2.32. The van der Waals surface area contributed by atoms with Crippen LogP contribution < -0.4 is 4.74 Å². The maximum Gasteiger partial charge on any atom is 0.190 e. The van der Waals surface area contributed by atoms with E-state index < -0.39 is 5.92 Å². The third-order valence-electron chi connectivity index (χ3n) is 6.13. The number of carbonyl (C=O) groups excluding carboxylic acids is 2. The number of allylic oxidation sites excluding steroid dienone is 4. The van der Waals surface area contributed by atoms with E-state index in [0.717, 1.165) is 46.3 Å². The lowest BCUT2D eigenvalue weighted by Crippen LogP contribution is -2.25. The van der Waals surface area contributed by atoms with Crippen molar-refractivity contribution >= 4 is 17.1 Å². The van der Waals surface area contributed by atoms with Gasteiger partial charge in [-0.1, -0.05) is 35.9 Å². The zero-order chi connectivity index (χ0) is 19.4. The second-order valence-electron chi connectivity index (χ2n) is 7.60. The average molecular weight is 372 g/mol. The molecule has 2 aromatic rings. The minimum Gasteiger partial charge on any atom is -0.504 e. The van der Waals surface area contributed by atoms with Crippen molar-refractivity contribution in [3.63, 3.8) is 0 Å². The first-order chi connectivity index (χ1) is 13.6. The maximum absolute atomic E-state index is 13.3. The number of phenols is 1. The van der Waals surface area contributed by atoms with Gasteiger partial charge in [0.1, 0.15) is 0 Å². The molecule has 1 unspecified atom stereocenters. The number of carbonyl (C=O) groups is 2. The molecule has 0 fully saturated rings. The molecule has 3 aliphatic rings. The summed E-state index contributed by atoms with van der Waals surface area (Å²) >= 11 is 0. The van der Waals surface area contributed by atoms with Crippen LogP contribution in [0.25, 0.3) is 5.57 Å². The van der Waals surface area contributed by atoms with Gasteiger partial charge in [0.25, 0.3) is 0 Å². The van der Waals surface area contributed by atoms with E-state index in [9.17, 15) is 14.7 Å². The summed E-state index contributed by atoms with van der Waals surface area (Å²) in [6.07, 6.45) is 2.95. The summed E-state index contributed by atoms with van der Waals surface area (Å²) in [7, 11) is 1.50. The van der Waals surface area contributed by atoms with Crippen LogP contribution in [0.2, 0.25) is 0 Å². The quantitative estimate of drug-likeness (QED) is 0.838. The van der Waals surface area contributed by atoms with Crippen molar-refractivity contribution in [1.29, 1.82) is 0 Å². The van der Waals surface area contributed by atoms with E-state index in [1.807, 2.05) is 24.3 Å². The first-order valence-electron chi connectivity index (χ1n) is 9.59. The fourth-order valence-corrected chi connectivity index (χ4v) is 4.91. The monoisotopic (exact) mass is 372 g/mol. The van der Waals surface area contributed by atoms with Crippen LogP contribution >= 0.6 is 0 Å². The van der Waals surface area contributed by atoms with Gasteiger partial charge in [0, 0.05) is 29.0 Å². The molecule has 0 saturated carbocycles. The summed E-state index contributed by atoms with van der Waals surface area (Å²) in [5, 5.41) is 10.0. The molecule has 2 aromatic carbocycles. The zero-order valence-electron chi connectivity index (χ0n) is 15.6. The standard InChI is InChI=1S/C24H20O4/c1-28-20-12-14(9-10-18(20)25)22-21-13(5-4-8-19(21)26)11-17-15-6-2-3-7-16(15)24(27)23(17)22/h2-3,6-7,9-10,12,22,25H,4-5,8,11H2,1H3. The van der Waals surface area contributed by atoms with Crippen LogP contribution in [0, 0.1) is 0 Å². The third kappa shape index (κ3) is 2.30. The molecule has 140 valence electrons. The molecular weight excluding hydrogens is 352 g/mol. The van der Waals surface area contributed by atoms with Gasteiger partial charge in [0.15, 0.2) is 23.1 Å². The number of fused-ring (bicyclic) bond motifs is 2. The lowest BCUT2D eigenvalue weighted by atomic mass is 9.69. The summed E-state index contributed by atoms with van der Waals surface area (Å²) in [6, 6.07) is 12.8. The van der Waals surface area contributed by atoms with Crippen LogP contribution in [-0.2, 0) is 4.79 Å². The second kappa shape index (κ2) is 6.20. The molecular formula is C24H20O4. The highest BCUT2D eigenvalue weighted by molar-refractivity contribution is 6.23. The first-order valence-corrected chi connectivity index (χ1v) is 9.59. The van der Waals surface area contributed by atoms with Gasteiger partial charge in [-0.25, -0.2) is 0 Å². The Bertz CT molecular complexity index is 1100. The number of hydrogen-bond acceptors (Lipinski definition) is 4. The topological polar surface area (TPSA) is 63.6 Å². The summed E-state index contributed by atoms with van der Waals surface area (Å²) < 4.78 is 5.29. The van der Waals surface area contributed by atoms with Gasteiger partial charge in [-0.2, -0.15) is 0 Å². The molecule has 28 heavy (non-hydrogen) atoms. The summed E-state index contributed by atoms with van der Waals surface area (Å²) in [6.45, 7) is 0. The van der Waals surface area contributed by atoms with Crippen molar-refractivity contribution < 1.29 is 19.4 Å². The van der Waals surface area contributed by atoms with Crippen LogP contribution in [0.15, 0.2) is 59.2 Å². The van der Waals surface area contributed by atoms with Crippen molar-refractivity contribution in [3.05, 3.63) is 75.9 Å². The largest absolute Gasteiger partial charge is 0.504 e. The van der Waals surface area contributed by atoms with Gasteiger partial charge in [0.2, 0.25) is 0 Å². The number of methoxy groups -OCH3 is 1. The van der Waals surface area contributed by atoms with Gasteiger partial charge < -0.3 is 9.84 Å². The number of hydrogen-bond donors (Lipinski definition) is 1. The molecule has 0 amide bonds. The van der Waals surface area contributed by atoms with Crippen molar-refractivity contribution in [2.75, 3.05) is 7.11 Å². The Kier molecular flexibility index (Phi) is 3.76. The number of rotatable bonds is 2. The zero-order valence-corrected chi connectivity index (χ0v) is 15.6. The van der Waals surface area contributed by atoms with E-state index in [4.69, 9.17) is 4.74 Å². The average Bonchev–Trinajstić information content (AvgIpc) is 3.00. The van der Waals surface area contributed by atoms with Crippen LogP contribution in [0.4, 0.5) is 0 Å². The maximum atomic E-state index is 13.3. The Morgan fingerprint density at radius 1 is 1.00 bits per heavy atom. The molecule has 0 aliphatic heterocycles. The van der Waals surface area contributed by atoms with E-state index in [0.29, 0.717) is 24.2 Å². The number of benzene rings is 2. The van der Waals surface area contributed by atoms with E-state index in [1.54, 1.807) is 18.2 Å². The summed E-state index contributed by atoms with van der Waals surface area (Å²) in [4.78, 5) is 26.3. The predicted octanol–water partition coefficient (Wildman–Crippen LogP) is 4.59. The number of ether oxygens (including phenoxy) is 1. The van der Waals surface area contributed by atoms with Crippen molar-refractivity contribution in [3.8, 4) is 11.5 Å². The van der Waals surface area contributed by atoms with Gasteiger partial charge in [-0.05, 0) is 48.1 Å². The fourth-order valence-electron chi connectivity index (χ4n) is 4.91. The fraction of sp³-hybridized carbons (Fsp3) is 0.250. The minimum atomic E-state index is -0.402. The van der Waals surface area contributed by atoms with Gasteiger partial charge in [0.05, 0.1) is 7.11 Å². The summed E-state index contributed by atoms with van der Waals surface area (Å²) in [5.74, 6) is 0.127. The normalized spacial score (nSPS) is 20.8. The SMILES string of the molecule is COc1cc(C2C3=C(CCCC3=O)CC3=C2C(=O)c2ccccc23)ccc1O. The van der Waals surface area contributed by atoms with Gasteiger partial charge >= 0.3 is 0 Å². The third-order valence-corrected chi connectivity index (χ3v) is 6.13. The molecule has 0 saturated heterocycles. The highest BCUT2D eigenvalue weighted by Gasteiger charge is 2.43. The van der Waals surface area contributed by atoms with Crippen molar-refractivity contribution in [2.24, 2.45) is 0 Å². The van der Waals surface area contributed by atoms with Crippen molar-refractivity contribution in [1.82, 2.24) is 0 Å². The van der Waals surface area contributed by atoms with Crippen LogP contribution in [0.3, 0.4) is 0 Å². The number of aromatic hydroxyl groups is 1. The highest BCUT2D eigenvalue weighted by Crippen LogP contribution is 2.53. The first kappa shape index (κ1) is 17.0. The molecule has 5 rings (SSSR count). The van der Waals surface area contributed by atoms with Crippen LogP contribution in [-0.4, -0.2) is 23.8 Å². The summed E-state index contributed by atoms with van der Waals surface area (Å²) in [5.41, 5.74) is 6.20. The number of phenolic OH excluding ortho intramolecular Hbond substituents is 1. The Hall–Kier alpha value is -3.14. The van der Waals surface area contributed by atoms with Crippen molar-refractivity contribution in [2.45, 2.75) is 31.6 Å². The molecule has 4 nitrogen and oxygen atoms in total. The molecule has 0 radical (unpaired) electrons. The molecule has 0 aromatic heterocycles. The second-order valence-corrected chi connectivity index (χ2v) is 7.60. The van der Waals surface area contributed by atoms with E-state index >= 15 is 0 Å². The Morgan fingerprint density at radius 3 is 2.57 bits per heavy atom. The number of ketones is 2. The number of Topliss-reactive ketones (excluding diaryl/α,β-unsaturated/α-hetero) is 2. The van der Waals surface area contributed by atoms with Crippen LogP contribution in [0.5, 0.6) is 11.5 Å². The lowest BCUT2D eigenvalue weighted by molar-refractivity contribution is -0.116. The molecule has 0 spiro atoms. The smallest absolute Gasteiger partial charge is 0.190 e.